The number of halogens is 4. The molecule has 142 valence electrons. The molecule has 0 amide bonds. The van der Waals surface area contributed by atoms with Crippen LogP contribution in [0.1, 0.15) is 22.9 Å². The molecule has 3 N–H and O–H groups in total. The fraction of sp³-hybridized carbons (Fsp3) is 0.312. The minimum Gasteiger partial charge on any atom is -0.365 e. The maximum atomic E-state index is 13.7. The van der Waals surface area contributed by atoms with Gasteiger partial charge in [0, 0.05) is 29.2 Å². The topological polar surface area (TPSA) is 76.7 Å². The van der Waals surface area contributed by atoms with Crippen molar-refractivity contribution >= 4 is 63.8 Å². The lowest BCUT2D eigenvalue weighted by molar-refractivity contribution is 0.606. The van der Waals surface area contributed by atoms with Crippen LogP contribution in [0.25, 0.3) is 10.2 Å². The Morgan fingerprint density at radius 3 is 2.73 bits per heavy atom. The molecule has 0 saturated carbocycles. The van der Waals surface area contributed by atoms with Crippen LogP contribution in [0.3, 0.4) is 0 Å². The van der Waals surface area contributed by atoms with Crippen LogP contribution < -0.4 is 11.1 Å². The van der Waals surface area contributed by atoms with Crippen LogP contribution in [0, 0.1) is 12.7 Å². The summed E-state index contributed by atoms with van der Waals surface area (Å²) in [4.78, 5) is 13.5. The van der Waals surface area contributed by atoms with Gasteiger partial charge in [-0.25, -0.2) is 9.37 Å². The molecule has 1 atom stereocenters. The fourth-order valence-corrected chi connectivity index (χ4v) is 3.96. The third kappa shape index (κ3) is 4.92. The molecule has 3 rings (SSSR count). The van der Waals surface area contributed by atoms with Crippen molar-refractivity contribution in [1.82, 2.24) is 15.0 Å². The third-order valence-corrected chi connectivity index (χ3v) is 5.13. The third-order valence-electron chi connectivity index (χ3n) is 3.65. The van der Waals surface area contributed by atoms with Crippen LogP contribution in [-0.4, -0.2) is 21.0 Å². The number of thiophene rings is 1. The summed E-state index contributed by atoms with van der Waals surface area (Å²) in [6.45, 7) is 4.26. The van der Waals surface area contributed by atoms with Gasteiger partial charge in [-0.15, -0.1) is 36.2 Å². The minimum atomic E-state index is -0.360. The Balaban J connectivity index is 0.00000169. The molecule has 0 aliphatic carbocycles. The molecule has 0 aliphatic heterocycles. The van der Waals surface area contributed by atoms with E-state index in [1.807, 2.05) is 13.8 Å². The van der Waals surface area contributed by atoms with Crippen molar-refractivity contribution in [1.29, 1.82) is 0 Å². The highest BCUT2D eigenvalue weighted by Crippen LogP contribution is 2.35. The highest BCUT2D eigenvalue weighted by atomic mass is 35.5. The highest BCUT2D eigenvalue weighted by molar-refractivity contribution is 7.19. The number of hydrogen-bond acceptors (Lipinski definition) is 6. The first-order valence-corrected chi connectivity index (χ1v) is 8.68. The standard InChI is InChI=1S/C16H17ClFN5S.2ClH/c1-8(19)5-12-9(2)13-14(24-12)15(23-16(17)22-13)21-6-10-3-4-20-7-11(10)18;;/h3-4,7-8H,5-6,19H2,1-2H3,(H,21,22,23);2*1H/t8-;;/m0../s1. The zero-order valence-corrected chi connectivity index (χ0v) is 17.3. The van der Waals surface area contributed by atoms with Crippen LogP contribution >= 0.6 is 47.8 Å². The smallest absolute Gasteiger partial charge is 0.224 e. The monoisotopic (exact) mass is 437 g/mol. The zero-order valence-electron chi connectivity index (χ0n) is 14.1. The number of pyridine rings is 1. The second-order valence-electron chi connectivity index (χ2n) is 5.67. The van der Waals surface area contributed by atoms with E-state index >= 15 is 0 Å². The van der Waals surface area contributed by atoms with E-state index in [0.29, 0.717) is 11.4 Å². The van der Waals surface area contributed by atoms with Gasteiger partial charge < -0.3 is 11.1 Å². The number of hydrogen-bond donors (Lipinski definition) is 2. The van der Waals surface area contributed by atoms with Gasteiger partial charge in [0.1, 0.15) is 11.6 Å². The molecule has 3 aromatic heterocycles. The second kappa shape index (κ2) is 9.62. The van der Waals surface area contributed by atoms with Crippen molar-refractivity contribution in [2.75, 3.05) is 5.32 Å². The van der Waals surface area contributed by atoms with Crippen molar-refractivity contribution in [3.05, 3.63) is 45.6 Å². The molecular formula is C16H19Cl3FN5S. The number of aryl methyl sites for hydroxylation is 1. The number of nitrogens with two attached hydrogens (primary N) is 1. The maximum absolute atomic E-state index is 13.7. The summed E-state index contributed by atoms with van der Waals surface area (Å²) in [6.07, 6.45) is 3.51. The number of nitrogens with zero attached hydrogens (tertiary/aromatic N) is 3. The Morgan fingerprint density at radius 1 is 1.35 bits per heavy atom. The molecule has 0 radical (unpaired) electrons. The van der Waals surface area contributed by atoms with Crippen LogP contribution in [0.15, 0.2) is 18.5 Å². The first-order valence-electron chi connectivity index (χ1n) is 7.49. The van der Waals surface area contributed by atoms with Crippen LogP contribution in [0.4, 0.5) is 10.2 Å². The normalized spacial score (nSPS) is 11.6. The van der Waals surface area contributed by atoms with Crippen molar-refractivity contribution < 1.29 is 4.39 Å². The summed E-state index contributed by atoms with van der Waals surface area (Å²) in [5, 5.41) is 3.32. The Bertz CT molecular complexity index is 888. The summed E-state index contributed by atoms with van der Waals surface area (Å²) in [5.74, 6) is 0.242. The number of anilines is 1. The lowest BCUT2D eigenvalue weighted by Crippen LogP contribution is -2.17. The van der Waals surface area contributed by atoms with Crippen molar-refractivity contribution in [2.45, 2.75) is 32.9 Å². The van der Waals surface area contributed by atoms with E-state index in [0.717, 1.165) is 27.1 Å². The van der Waals surface area contributed by atoms with Gasteiger partial charge in [-0.3, -0.25) is 4.98 Å². The van der Waals surface area contributed by atoms with E-state index in [2.05, 4.69) is 20.3 Å². The number of aromatic nitrogens is 3. The lowest BCUT2D eigenvalue weighted by Gasteiger charge is -2.07. The number of fused-ring (bicyclic) bond motifs is 1. The van der Waals surface area contributed by atoms with Crippen molar-refractivity contribution in [3.8, 4) is 0 Å². The van der Waals surface area contributed by atoms with Crippen molar-refractivity contribution in [2.24, 2.45) is 5.73 Å². The Kier molecular flexibility index (Phi) is 8.43. The quantitative estimate of drug-likeness (QED) is 0.572. The molecule has 0 aromatic carbocycles. The van der Waals surface area contributed by atoms with E-state index in [9.17, 15) is 4.39 Å². The van der Waals surface area contributed by atoms with Gasteiger partial charge in [-0.2, -0.15) is 4.98 Å². The Hall–Kier alpha value is -1.25. The van der Waals surface area contributed by atoms with Gasteiger partial charge in [0.25, 0.3) is 0 Å². The predicted octanol–water partition coefficient (Wildman–Crippen LogP) is 4.53. The molecule has 5 nitrogen and oxygen atoms in total. The van der Waals surface area contributed by atoms with E-state index in [-0.39, 0.29) is 48.5 Å². The summed E-state index contributed by atoms with van der Waals surface area (Å²) in [6, 6.07) is 1.69. The average molecular weight is 439 g/mol. The molecule has 0 saturated heterocycles. The molecule has 0 aliphatic rings. The van der Waals surface area contributed by atoms with Gasteiger partial charge in [-0.05, 0) is 43.5 Å². The highest BCUT2D eigenvalue weighted by Gasteiger charge is 2.16. The van der Waals surface area contributed by atoms with Gasteiger partial charge in [0.15, 0.2) is 0 Å². The van der Waals surface area contributed by atoms with Gasteiger partial charge in [0.2, 0.25) is 5.28 Å². The van der Waals surface area contributed by atoms with Crippen LogP contribution in [0.5, 0.6) is 0 Å². The van der Waals surface area contributed by atoms with E-state index < -0.39 is 0 Å². The number of rotatable bonds is 5. The maximum Gasteiger partial charge on any atom is 0.224 e. The molecule has 0 bridgehead atoms. The van der Waals surface area contributed by atoms with Crippen LogP contribution in [-0.2, 0) is 13.0 Å². The van der Waals surface area contributed by atoms with E-state index in [1.165, 1.54) is 6.20 Å². The first kappa shape index (κ1) is 22.8. The lowest BCUT2D eigenvalue weighted by atomic mass is 10.1. The Labute approximate surface area is 172 Å². The predicted molar refractivity (Wildman–Crippen MR) is 111 cm³/mol. The van der Waals surface area contributed by atoms with Gasteiger partial charge in [0.05, 0.1) is 16.4 Å². The molecule has 10 heteroatoms. The van der Waals surface area contributed by atoms with Crippen LogP contribution in [0.2, 0.25) is 5.28 Å². The second-order valence-corrected chi connectivity index (χ2v) is 7.11. The van der Waals surface area contributed by atoms with Crippen molar-refractivity contribution in [3.63, 3.8) is 0 Å². The number of nitrogens with one attached hydrogen (secondary N) is 1. The van der Waals surface area contributed by atoms with E-state index in [1.54, 1.807) is 23.6 Å². The fourth-order valence-electron chi connectivity index (χ4n) is 2.44. The van der Waals surface area contributed by atoms with E-state index in [4.69, 9.17) is 17.3 Å². The SMILES string of the molecule is Cc1c(C[C@H](C)N)sc2c(NCc3ccncc3F)nc(Cl)nc12.Cl.Cl. The van der Waals surface area contributed by atoms with Gasteiger partial charge >= 0.3 is 0 Å². The largest absolute Gasteiger partial charge is 0.365 e. The molecule has 3 heterocycles. The Morgan fingerprint density at radius 2 is 2.08 bits per heavy atom. The molecule has 3 aromatic rings. The first-order chi connectivity index (χ1) is 11.5. The average Bonchev–Trinajstić information content (AvgIpc) is 2.82. The minimum absolute atomic E-state index is 0. The molecular weight excluding hydrogens is 420 g/mol. The van der Waals surface area contributed by atoms with Gasteiger partial charge in [-0.1, -0.05) is 0 Å². The molecule has 0 fully saturated rings. The molecule has 0 spiro atoms. The summed E-state index contributed by atoms with van der Waals surface area (Å²) < 4.78 is 14.6. The summed E-state index contributed by atoms with van der Waals surface area (Å²) >= 11 is 7.65. The summed E-state index contributed by atoms with van der Waals surface area (Å²) in [5.41, 5.74) is 8.30. The molecule has 26 heavy (non-hydrogen) atoms. The molecule has 0 unspecified atom stereocenters. The summed E-state index contributed by atoms with van der Waals surface area (Å²) in [7, 11) is 0. The zero-order chi connectivity index (χ0) is 17.3.